The van der Waals surface area contributed by atoms with Crippen LogP contribution >= 0.6 is 0 Å². The summed E-state index contributed by atoms with van der Waals surface area (Å²) in [7, 11) is 0. The highest BCUT2D eigenvalue weighted by molar-refractivity contribution is 5.48. The number of hydrogen-bond donors (Lipinski definition) is 2. The molecule has 0 aliphatic heterocycles. The lowest BCUT2D eigenvalue weighted by Gasteiger charge is -2.32. The molecule has 1 heterocycles. The standard InChI is InChI=1S/C17H30N4/c1-5-7-15-20-16(18-6-2)11-17(21-15)19-14-9-12(3)8-13(4)10-14/h11-14H,5-10H2,1-4H3,(H2,18,19,20,21). The van der Waals surface area contributed by atoms with Crippen LogP contribution in [0.3, 0.4) is 0 Å². The van der Waals surface area contributed by atoms with Crippen molar-refractivity contribution in [2.45, 2.75) is 65.8 Å². The van der Waals surface area contributed by atoms with Crippen LogP contribution in [0.2, 0.25) is 0 Å². The Hall–Kier alpha value is -1.32. The molecule has 0 saturated heterocycles. The summed E-state index contributed by atoms with van der Waals surface area (Å²) >= 11 is 0. The first-order chi connectivity index (χ1) is 10.1. The Kier molecular flexibility index (Phi) is 5.83. The Bertz CT molecular complexity index is 412. The van der Waals surface area contributed by atoms with E-state index in [0.29, 0.717) is 6.04 Å². The maximum atomic E-state index is 4.69. The molecule has 0 radical (unpaired) electrons. The van der Waals surface area contributed by atoms with Crippen molar-refractivity contribution in [3.05, 3.63) is 11.9 Å². The highest BCUT2D eigenvalue weighted by atomic mass is 15.1. The smallest absolute Gasteiger partial charge is 0.133 e. The molecule has 0 amide bonds. The first-order valence-corrected chi connectivity index (χ1v) is 8.49. The third-order valence-electron chi connectivity index (χ3n) is 4.13. The van der Waals surface area contributed by atoms with Gasteiger partial charge in [0.1, 0.15) is 17.5 Å². The van der Waals surface area contributed by atoms with Gasteiger partial charge in [-0.25, -0.2) is 9.97 Å². The Morgan fingerprint density at radius 3 is 2.33 bits per heavy atom. The lowest BCUT2D eigenvalue weighted by atomic mass is 9.80. The number of nitrogens with zero attached hydrogens (tertiary/aromatic N) is 2. The maximum Gasteiger partial charge on any atom is 0.133 e. The molecular weight excluding hydrogens is 260 g/mol. The monoisotopic (exact) mass is 290 g/mol. The highest BCUT2D eigenvalue weighted by Crippen LogP contribution is 2.30. The van der Waals surface area contributed by atoms with Crippen molar-refractivity contribution >= 4 is 11.6 Å². The molecule has 1 fully saturated rings. The lowest BCUT2D eigenvalue weighted by molar-refractivity contribution is 0.280. The van der Waals surface area contributed by atoms with Crippen LogP contribution in [0, 0.1) is 11.8 Å². The van der Waals surface area contributed by atoms with Gasteiger partial charge in [0.15, 0.2) is 0 Å². The van der Waals surface area contributed by atoms with Gasteiger partial charge in [-0.1, -0.05) is 20.8 Å². The molecule has 1 saturated carbocycles. The van der Waals surface area contributed by atoms with E-state index < -0.39 is 0 Å². The summed E-state index contributed by atoms with van der Waals surface area (Å²) in [5.41, 5.74) is 0. The average Bonchev–Trinajstić information content (AvgIpc) is 2.37. The van der Waals surface area contributed by atoms with Gasteiger partial charge in [0.05, 0.1) is 0 Å². The van der Waals surface area contributed by atoms with Gasteiger partial charge in [0, 0.05) is 25.1 Å². The molecular formula is C17H30N4. The summed E-state index contributed by atoms with van der Waals surface area (Å²) in [6.45, 7) is 9.87. The number of hydrogen-bond acceptors (Lipinski definition) is 4. The second kappa shape index (κ2) is 7.62. The molecule has 4 nitrogen and oxygen atoms in total. The van der Waals surface area contributed by atoms with E-state index in [9.17, 15) is 0 Å². The minimum atomic E-state index is 0.544. The number of aryl methyl sites for hydroxylation is 1. The second-order valence-corrected chi connectivity index (χ2v) is 6.59. The van der Waals surface area contributed by atoms with Gasteiger partial charge >= 0.3 is 0 Å². The molecule has 4 heteroatoms. The molecule has 0 bridgehead atoms. The number of nitrogens with one attached hydrogen (secondary N) is 2. The van der Waals surface area contributed by atoms with Crippen molar-refractivity contribution in [3.63, 3.8) is 0 Å². The molecule has 2 rings (SSSR count). The zero-order chi connectivity index (χ0) is 15.2. The van der Waals surface area contributed by atoms with Gasteiger partial charge in [0.25, 0.3) is 0 Å². The van der Waals surface area contributed by atoms with Crippen molar-refractivity contribution in [2.75, 3.05) is 17.2 Å². The third-order valence-corrected chi connectivity index (χ3v) is 4.13. The predicted molar refractivity (Wildman–Crippen MR) is 89.8 cm³/mol. The summed E-state index contributed by atoms with van der Waals surface area (Å²) in [5.74, 6) is 4.47. The number of aromatic nitrogens is 2. The molecule has 0 aromatic carbocycles. The first kappa shape index (κ1) is 16.1. The minimum absolute atomic E-state index is 0.544. The molecule has 1 aliphatic rings. The second-order valence-electron chi connectivity index (χ2n) is 6.59. The Morgan fingerprint density at radius 2 is 1.71 bits per heavy atom. The molecule has 1 aliphatic carbocycles. The van der Waals surface area contributed by atoms with E-state index in [4.69, 9.17) is 0 Å². The van der Waals surface area contributed by atoms with Crippen molar-refractivity contribution in [1.82, 2.24) is 9.97 Å². The SMILES string of the molecule is CCCc1nc(NCC)cc(NC2CC(C)CC(C)C2)n1. The van der Waals surface area contributed by atoms with E-state index in [1.807, 2.05) is 6.07 Å². The molecule has 0 spiro atoms. The van der Waals surface area contributed by atoms with E-state index in [1.54, 1.807) is 0 Å². The van der Waals surface area contributed by atoms with E-state index >= 15 is 0 Å². The summed E-state index contributed by atoms with van der Waals surface area (Å²) < 4.78 is 0. The Balaban J connectivity index is 2.10. The topological polar surface area (TPSA) is 49.8 Å². The lowest BCUT2D eigenvalue weighted by Crippen LogP contribution is -2.30. The van der Waals surface area contributed by atoms with Crippen LogP contribution in [-0.2, 0) is 6.42 Å². The fourth-order valence-electron chi connectivity index (χ4n) is 3.45. The largest absolute Gasteiger partial charge is 0.370 e. The average molecular weight is 290 g/mol. The van der Waals surface area contributed by atoms with Gasteiger partial charge in [-0.2, -0.15) is 0 Å². The van der Waals surface area contributed by atoms with Crippen LogP contribution in [0.4, 0.5) is 11.6 Å². The molecule has 2 unspecified atom stereocenters. The number of anilines is 2. The van der Waals surface area contributed by atoms with Crippen LogP contribution in [0.1, 0.15) is 59.2 Å². The fourth-order valence-corrected chi connectivity index (χ4v) is 3.45. The zero-order valence-corrected chi connectivity index (χ0v) is 13.9. The quantitative estimate of drug-likeness (QED) is 0.828. The first-order valence-electron chi connectivity index (χ1n) is 8.49. The molecule has 2 N–H and O–H groups in total. The van der Waals surface area contributed by atoms with Crippen LogP contribution in [-0.4, -0.2) is 22.6 Å². The van der Waals surface area contributed by atoms with Crippen molar-refractivity contribution in [1.29, 1.82) is 0 Å². The van der Waals surface area contributed by atoms with Crippen LogP contribution in [0.5, 0.6) is 0 Å². The summed E-state index contributed by atoms with van der Waals surface area (Å²) in [5, 5.41) is 6.96. The molecule has 1 aromatic rings. The van der Waals surface area contributed by atoms with E-state index in [-0.39, 0.29) is 0 Å². The van der Waals surface area contributed by atoms with E-state index in [2.05, 4.69) is 48.3 Å². The fraction of sp³-hybridized carbons (Fsp3) is 0.765. The third kappa shape index (κ3) is 4.87. The maximum absolute atomic E-state index is 4.69. The Labute approximate surface area is 129 Å². The van der Waals surface area contributed by atoms with Crippen LogP contribution in [0.25, 0.3) is 0 Å². The highest BCUT2D eigenvalue weighted by Gasteiger charge is 2.24. The van der Waals surface area contributed by atoms with E-state index in [0.717, 1.165) is 48.7 Å². The predicted octanol–water partition coefficient (Wildman–Crippen LogP) is 4.10. The normalized spacial score (nSPS) is 25.6. The van der Waals surface area contributed by atoms with Gasteiger partial charge < -0.3 is 10.6 Å². The molecule has 21 heavy (non-hydrogen) atoms. The van der Waals surface area contributed by atoms with E-state index in [1.165, 1.54) is 19.3 Å². The van der Waals surface area contributed by atoms with Gasteiger partial charge in [-0.3, -0.25) is 0 Å². The summed E-state index contributed by atoms with van der Waals surface area (Å²) in [6.07, 6.45) is 5.85. The summed E-state index contributed by atoms with van der Waals surface area (Å²) in [6, 6.07) is 2.59. The zero-order valence-electron chi connectivity index (χ0n) is 13.9. The molecule has 118 valence electrons. The van der Waals surface area contributed by atoms with Gasteiger partial charge in [-0.15, -0.1) is 0 Å². The summed E-state index contributed by atoms with van der Waals surface area (Å²) in [4.78, 5) is 9.26. The van der Waals surface area contributed by atoms with Crippen LogP contribution in [0.15, 0.2) is 6.07 Å². The van der Waals surface area contributed by atoms with Crippen LogP contribution < -0.4 is 10.6 Å². The molecule has 2 atom stereocenters. The van der Waals surface area contributed by atoms with Crippen molar-refractivity contribution in [2.24, 2.45) is 11.8 Å². The number of rotatable bonds is 6. The van der Waals surface area contributed by atoms with Gasteiger partial charge in [0.2, 0.25) is 0 Å². The minimum Gasteiger partial charge on any atom is -0.370 e. The van der Waals surface area contributed by atoms with Crippen molar-refractivity contribution in [3.8, 4) is 0 Å². The molecule has 1 aromatic heterocycles. The Morgan fingerprint density at radius 1 is 1.05 bits per heavy atom. The van der Waals surface area contributed by atoms with Gasteiger partial charge in [-0.05, 0) is 44.4 Å². The van der Waals surface area contributed by atoms with Crippen molar-refractivity contribution < 1.29 is 0 Å².